The third-order valence-corrected chi connectivity index (χ3v) is 2.41. The van der Waals surface area contributed by atoms with Gasteiger partial charge in [-0.3, -0.25) is 4.79 Å². The minimum Gasteiger partial charge on any atom is -0.394 e. The van der Waals surface area contributed by atoms with E-state index >= 15 is 0 Å². The van der Waals surface area contributed by atoms with Crippen molar-refractivity contribution in [3.05, 3.63) is 34.6 Å². The molecule has 0 aliphatic heterocycles. The molecule has 2 N–H and O–H groups in total. The summed E-state index contributed by atoms with van der Waals surface area (Å²) in [4.78, 5) is 11.5. The van der Waals surface area contributed by atoms with E-state index in [2.05, 4.69) is 5.32 Å². The molecule has 0 heterocycles. The van der Waals surface area contributed by atoms with Crippen LogP contribution in [0.15, 0.2) is 18.2 Å². The van der Waals surface area contributed by atoms with Crippen molar-refractivity contribution in [3.8, 4) is 0 Å². The second-order valence-electron chi connectivity index (χ2n) is 3.60. The van der Waals surface area contributed by atoms with Crippen molar-refractivity contribution in [2.24, 2.45) is 0 Å². The van der Waals surface area contributed by atoms with E-state index in [1.165, 1.54) is 18.2 Å². The maximum Gasteiger partial charge on any atom is 0.224 e. The molecule has 18 heavy (non-hydrogen) atoms. The molecule has 1 aromatic carbocycles. The maximum atomic E-state index is 13.4. The van der Waals surface area contributed by atoms with Crippen molar-refractivity contribution in [2.75, 3.05) is 26.4 Å². The SMILES string of the molecule is O=C(Cc1ccc(Cl)cc1F)NCCOCCO. The van der Waals surface area contributed by atoms with Gasteiger partial charge >= 0.3 is 0 Å². The van der Waals surface area contributed by atoms with Crippen LogP contribution in [0.4, 0.5) is 4.39 Å². The molecule has 0 bridgehead atoms. The van der Waals surface area contributed by atoms with Gasteiger partial charge in [0.2, 0.25) is 5.91 Å². The molecule has 1 aromatic rings. The number of ether oxygens (including phenoxy) is 1. The predicted molar refractivity (Wildman–Crippen MR) is 66.0 cm³/mol. The number of rotatable bonds is 7. The van der Waals surface area contributed by atoms with Crippen LogP contribution in [0, 0.1) is 5.82 Å². The van der Waals surface area contributed by atoms with Gasteiger partial charge in [-0.05, 0) is 17.7 Å². The Hall–Kier alpha value is -1.17. The normalized spacial score (nSPS) is 10.4. The molecular weight excluding hydrogens is 261 g/mol. The van der Waals surface area contributed by atoms with E-state index in [0.717, 1.165) is 0 Å². The number of carbonyl (C=O) groups is 1. The molecule has 0 unspecified atom stereocenters. The van der Waals surface area contributed by atoms with E-state index in [0.29, 0.717) is 23.7 Å². The Balaban J connectivity index is 2.31. The van der Waals surface area contributed by atoms with Crippen molar-refractivity contribution >= 4 is 17.5 Å². The van der Waals surface area contributed by atoms with E-state index < -0.39 is 5.82 Å². The van der Waals surface area contributed by atoms with Crippen LogP contribution < -0.4 is 5.32 Å². The Bertz CT molecular complexity index is 401. The van der Waals surface area contributed by atoms with Crippen LogP contribution in [-0.4, -0.2) is 37.4 Å². The number of nitrogens with one attached hydrogen (secondary N) is 1. The van der Waals surface area contributed by atoms with Crippen molar-refractivity contribution in [1.82, 2.24) is 5.32 Å². The van der Waals surface area contributed by atoms with E-state index in [9.17, 15) is 9.18 Å². The van der Waals surface area contributed by atoms with Gasteiger partial charge in [0.1, 0.15) is 5.82 Å². The highest BCUT2D eigenvalue weighted by Crippen LogP contribution is 2.14. The molecule has 0 saturated heterocycles. The van der Waals surface area contributed by atoms with Crippen molar-refractivity contribution < 1.29 is 19.0 Å². The molecule has 0 aliphatic rings. The third-order valence-electron chi connectivity index (χ3n) is 2.17. The average Bonchev–Trinajstić information content (AvgIpc) is 2.32. The molecule has 4 nitrogen and oxygen atoms in total. The Morgan fingerprint density at radius 1 is 1.44 bits per heavy atom. The van der Waals surface area contributed by atoms with Gasteiger partial charge in [0.05, 0.1) is 26.2 Å². The van der Waals surface area contributed by atoms with Gasteiger partial charge in [0.15, 0.2) is 0 Å². The summed E-state index contributed by atoms with van der Waals surface area (Å²) in [6, 6.07) is 4.20. The number of benzene rings is 1. The number of aliphatic hydroxyl groups excluding tert-OH is 1. The topological polar surface area (TPSA) is 58.6 Å². The molecule has 1 amide bonds. The summed E-state index contributed by atoms with van der Waals surface area (Å²) in [5.41, 5.74) is 0.299. The van der Waals surface area contributed by atoms with Crippen molar-refractivity contribution in [1.29, 1.82) is 0 Å². The number of carbonyl (C=O) groups excluding carboxylic acids is 1. The fourth-order valence-corrected chi connectivity index (χ4v) is 1.49. The van der Waals surface area contributed by atoms with Crippen LogP contribution in [-0.2, 0) is 16.0 Å². The molecule has 0 aliphatic carbocycles. The smallest absolute Gasteiger partial charge is 0.224 e. The highest BCUT2D eigenvalue weighted by atomic mass is 35.5. The first-order valence-electron chi connectivity index (χ1n) is 5.52. The van der Waals surface area contributed by atoms with Crippen LogP contribution >= 0.6 is 11.6 Å². The lowest BCUT2D eigenvalue weighted by Crippen LogP contribution is -2.29. The lowest BCUT2D eigenvalue weighted by Gasteiger charge is -2.06. The summed E-state index contributed by atoms with van der Waals surface area (Å²) in [5, 5.41) is 11.3. The van der Waals surface area contributed by atoms with Gasteiger partial charge in [-0.2, -0.15) is 0 Å². The van der Waals surface area contributed by atoms with Crippen molar-refractivity contribution in [2.45, 2.75) is 6.42 Å². The first kappa shape index (κ1) is 14.9. The maximum absolute atomic E-state index is 13.4. The second-order valence-corrected chi connectivity index (χ2v) is 4.03. The summed E-state index contributed by atoms with van der Waals surface area (Å²) >= 11 is 5.61. The second kappa shape index (κ2) is 8.02. The fraction of sp³-hybridized carbons (Fsp3) is 0.417. The van der Waals surface area contributed by atoms with Gasteiger partial charge in [0.25, 0.3) is 0 Å². The van der Waals surface area contributed by atoms with Crippen LogP contribution in [0.25, 0.3) is 0 Å². The lowest BCUT2D eigenvalue weighted by atomic mass is 10.1. The standard InChI is InChI=1S/C12H15ClFNO3/c13-10-2-1-9(11(14)8-10)7-12(17)15-3-5-18-6-4-16/h1-2,8,16H,3-7H2,(H,15,17). The first-order chi connectivity index (χ1) is 8.63. The number of hydrogen-bond donors (Lipinski definition) is 2. The number of amides is 1. The zero-order chi connectivity index (χ0) is 13.4. The number of halogens is 2. The minimum absolute atomic E-state index is 0.0387. The molecule has 0 aromatic heterocycles. The Labute approximate surface area is 110 Å². The quantitative estimate of drug-likeness (QED) is 0.734. The molecular formula is C12H15ClFNO3. The number of aliphatic hydroxyl groups is 1. The molecule has 100 valence electrons. The zero-order valence-corrected chi connectivity index (χ0v) is 10.5. The summed E-state index contributed by atoms with van der Waals surface area (Å²) in [7, 11) is 0. The van der Waals surface area contributed by atoms with Crippen LogP contribution in [0.2, 0.25) is 5.02 Å². The molecule has 0 spiro atoms. The van der Waals surface area contributed by atoms with E-state index in [-0.39, 0.29) is 25.5 Å². The van der Waals surface area contributed by atoms with Gasteiger partial charge in [-0.15, -0.1) is 0 Å². The summed E-state index contributed by atoms with van der Waals surface area (Å²) in [6.07, 6.45) is -0.0387. The van der Waals surface area contributed by atoms with Gasteiger partial charge < -0.3 is 15.2 Å². The van der Waals surface area contributed by atoms with E-state index in [4.69, 9.17) is 21.4 Å². The minimum atomic E-state index is -0.491. The van der Waals surface area contributed by atoms with Gasteiger partial charge in [-0.1, -0.05) is 17.7 Å². The monoisotopic (exact) mass is 275 g/mol. The largest absolute Gasteiger partial charge is 0.394 e. The third kappa shape index (κ3) is 5.44. The number of hydrogen-bond acceptors (Lipinski definition) is 3. The summed E-state index contributed by atoms with van der Waals surface area (Å²) in [5.74, 6) is -0.780. The Kier molecular flexibility index (Phi) is 6.64. The average molecular weight is 276 g/mol. The molecule has 0 atom stereocenters. The van der Waals surface area contributed by atoms with Crippen LogP contribution in [0.1, 0.15) is 5.56 Å². The molecule has 6 heteroatoms. The van der Waals surface area contributed by atoms with Crippen molar-refractivity contribution in [3.63, 3.8) is 0 Å². The lowest BCUT2D eigenvalue weighted by molar-refractivity contribution is -0.120. The van der Waals surface area contributed by atoms with Gasteiger partial charge in [-0.25, -0.2) is 4.39 Å². The molecule has 0 radical (unpaired) electrons. The molecule has 0 fully saturated rings. The molecule has 0 saturated carbocycles. The van der Waals surface area contributed by atoms with E-state index in [1.807, 2.05) is 0 Å². The van der Waals surface area contributed by atoms with Crippen LogP contribution in [0.5, 0.6) is 0 Å². The Morgan fingerprint density at radius 2 is 2.22 bits per heavy atom. The summed E-state index contributed by atoms with van der Waals surface area (Å²) in [6.45, 7) is 0.828. The van der Waals surface area contributed by atoms with E-state index in [1.54, 1.807) is 0 Å². The zero-order valence-electron chi connectivity index (χ0n) is 9.79. The highest BCUT2D eigenvalue weighted by molar-refractivity contribution is 6.30. The van der Waals surface area contributed by atoms with Crippen LogP contribution in [0.3, 0.4) is 0 Å². The first-order valence-corrected chi connectivity index (χ1v) is 5.90. The molecule has 1 rings (SSSR count). The predicted octanol–water partition coefficient (Wildman–Crippen LogP) is 1.15. The Morgan fingerprint density at radius 3 is 2.89 bits per heavy atom. The highest BCUT2D eigenvalue weighted by Gasteiger charge is 2.08. The fourth-order valence-electron chi connectivity index (χ4n) is 1.33. The van der Waals surface area contributed by atoms with Gasteiger partial charge in [0, 0.05) is 11.6 Å². The summed E-state index contributed by atoms with van der Waals surface area (Å²) < 4.78 is 18.3.